The van der Waals surface area contributed by atoms with Gasteiger partial charge in [-0.2, -0.15) is 4.98 Å². The van der Waals surface area contributed by atoms with E-state index >= 15 is 0 Å². The molecule has 1 amide bonds. The summed E-state index contributed by atoms with van der Waals surface area (Å²) in [5.74, 6) is 2.32. The summed E-state index contributed by atoms with van der Waals surface area (Å²) in [5, 5.41) is 1.36. The van der Waals surface area contributed by atoms with E-state index in [0.717, 1.165) is 42.7 Å². The maximum absolute atomic E-state index is 13.7. The van der Waals surface area contributed by atoms with Gasteiger partial charge >= 0.3 is 5.69 Å². The molecule has 3 fully saturated rings. The first-order chi connectivity index (χ1) is 23.3. The summed E-state index contributed by atoms with van der Waals surface area (Å²) in [5.41, 5.74) is 1.76. The molecule has 2 aromatic carbocycles. The normalized spacial score (nSPS) is 17.4. The number of morpholine rings is 1. The molecular formula is C35H43N7O6. The SMILES string of the molecule is CCOc1cc2c(N3CCC(n4c(=O)c5cc(C)ccc5n(C)c4=O)CC3)nc(N3CCOCC3)nc2cc1OCC(=O)N1CCCC1. The van der Waals surface area contributed by atoms with E-state index in [1.807, 2.05) is 49.1 Å². The standard InChI is InChI=1S/C35H43N7O6/c1-4-47-29-20-25-27(21-30(29)48-22-31(43)39-11-5-6-12-39)36-34(41-15-17-46-18-16-41)37-32(25)40-13-9-24(10-14-40)42-33(44)26-19-23(2)7-8-28(26)38(3)35(42)45/h7-8,19-21,24H,4-6,9-18,22H2,1-3H3. The van der Waals surface area contributed by atoms with Crippen LogP contribution in [0.2, 0.25) is 0 Å². The van der Waals surface area contributed by atoms with E-state index in [1.54, 1.807) is 11.6 Å². The van der Waals surface area contributed by atoms with Crippen molar-refractivity contribution in [2.45, 2.75) is 45.6 Å². The van der Waals surface area contributed by atoms with E-state index in [9.17, 15) is 14.4 Å². The Hall–Kier alpha value is -4.65. The van der Waals surface area contributed by atoms with E-state index in [1.165, 1.54) is 4.57 Å². The highest BCUT2D eigenvalue weighted by Crippen LogP contribution is 2.38. The molecule has 13 nitrogen and oxygen atoms in total. The number of rotatable bonds is 8. The zero-order valence-electron chi connectivity index (χ0n) is 27.9. The van der Waals surface area contributed by atoms with Crippen molar-refractivity contribution in [2.75, 3.05) is 75.5 Å². The lowest BCUT2D eigenvalue weighted by Gasteiger charge is -2.35. The van der Waals surface area contributed by atoms with Crippen LogP contribution >= 0.6 is 0 Å². The fourth-order valence-electron chi connectivity index (χ4n) is 7.09. The highest BCUT2D eigenvalue weighted by molar-refractivity contribution is 5.93. The molecule has 4 aromatic rings. The third-order valence-electron chi connectivity index (χ3n) is 9.72. The molecule has 0 N–H and O–H groups in total. The van der Waals surface area contributed by atoms with E-state index in [2.05, 4.69) is 9.80 Å². The van der Waals surface area contributed by atoms with Crippen LogP contribution < -0.4 is 30.5 Å². The molecule has 0 saturated carbocycles. The average Bonchev–Trinajstić information content (AvgIpc) is 3.66. The minimum Gasteiger partial charge on any atom is -0.490 e. The zero-order chi connectivity index (χ0) is 33.4. The number of likely N-dealkylation sites (tertiary alicyclic amines) is 1. The predicted octanol–water partition coefficient (Wildman–Crippen LogP) is 3.03. The molecule has 3 aliphatic heterocycles. The van der Waals surface area contributed by atoms with E-state index < -0.39 is 0 Å². The lowest BCUT2D eigenvalue weighted by atomic mass is 10.0. The van der Waals surface area contributed by atoms with Crippen LogP contribution in [0.3, 0.4) is 0 Å². The Morgan fingerprint density at radius 1 is 0.896 bits per heavy atom. The third kappa shape index (κ3) is 6.07. The van der Waals surface area contributed by atoms with Crippen molar-refractivity contribution in [1.82, 2.24) is 24.0 Å². The minimum absolute atomic E-state index is 0.0363. The van der Waals surface area contributed by atoms with Crippen molar-refractivity contribution in [3.05, 3.63) is 56.7 Å². The van der Waals surface area contributed by atoms with Gasteiger partial charge in [0.25, 0.3) is 11.5 Å². The van der Waals surface area contributed by atoms with Crippen LogP contribution in [0, 0.1) is 6.92 Å². The molecule has 3 saturated heterocycles. The Bertz CT molecular complexity index is 1950. The number of hydrogen-bond acceptors (Lipinski definition) is 10. The summed E-state index contributed by atoms with van der Waals surface area (Å²) in [4.78, 5) is 56.1. The van der Waals surface area contributed by atoms with E-state index in [0.29, 0.717) is 92.7 Å². The molecule has 0 aliphatic carbocycles. The number of anilines is 2. The lowest BCUT2D eigenvalue weighted by Crippen LogP contribution is -2.45. The number of hydrogen-bond donors (Lipinski definition) is 0. The maximum Gasteiger partial charge on any atom is 0.331 e. The number of ether oxygens (including phenoxy) is 3. The molecule has 254 valence electrons. The van der Waals surface area contributed by atoms with E-state index in [-0.39, 0.29) is 29.8 Å². The van der Waals surface area contributed by atoms with Gasteiger partial charge in [0.15, 0.2) is 18.1 Å². The van der Waals surface area contributed by atoms with Crippen LogP contribution in [-0.4, -0.2) is 95.6 Å². The van der Waals surface area contributed by atoms with Gasteiger partial charge in [0, 0.05) is 63.8 Å². The molecule has 7 rings (SSSR count). The minimum atomic E-state index is -0.297. The van der Waals surface area contributed by atoms with Crippen LogP contribution in [0.5, 0.6) is 11.5 Å². The molecule has 13 heteroatoms. The predicted molar refractivity (Wildman–Crippen MR) is 184 cm³/mol. The second-order valence-electron chi connectivity index (χ2n) is 12.8. The molecule has 5 heterocycles. The number of carbonyl (C=O) groups is 1. The first kappa shape index (κ1) is 31.9. The Balaban J connectivity index is 1.22. The maximum atomic E-state index is 13.7. The highest BCUT2D eigenvalue weighted by Gasteiger charge is 2.29. The van der Waals surface area contributed by atoms with Gasteiger partial charge in [0.1, 0.15) is 5.82 Å². The van der Waals surface area contributed by atoms with Gasteiger partial charge < -0.3 is 28.9 Å². The number of fused-ring (bicyclic) bond motifs is 2. The number of amides is 1. The fourth-order valence-corrected chi connectivity index (χ4v) is 7.09. The van der Waals surface area contributed by atoms with Gasteiger partial charge in [-0.15, -0.1) is 0 Å². The number of aromatic nitrogens is 4. The molecule has 0 atom stereocenters. The zero-order valence-corrected chi connectivity index (χ0v) is 27.9. The average molecular weight is 658 g/mol. The second kappa shape index (κ2) is 13.5. The Morgan fingerprint density at radius 3 is 2.35 bits per heavy atom. The summed E-state index contributed by atoms with van der Waals surface area (Å²) in [7, 11) is 1.72. The van der Waals surface area contributed by atoms with Crippen LogP contribution in [-0.2, 0) is 16.6 Å². The van der Waals surface area contributed by atoms with Crippen LogP contribution in [0.1, 0.15) is 44.2 Å². The highest BCUT2D eigenvalue weighted by atomic mass is 16.5. The fraction of sp³-hybridized carbons (Fsp3) is 0.514. The first-order valence-corrected chi connectivity index (χ1v) is 17.0. The van der Waals surface area contributed by atoms with Crippen LogP contribution in [0.25, 0.3) is 21.8 Å². The van der Waals surface area contributed by atoms with Gasteiger partial charge in [-0.05, 0) is 57.7 Å². The lowest BCUT2D eigenvalue weighted by molar-refractivity contribution is -0.132. The number of nitrogens with zero attached hydrogens (tertiary/aromatic N) is 7. The topological polar surface area (TPSA) is 124 Å². The van der Waals surface area contributed by atoms with Crippen molar-refractivity contribution in [1.29, 1.82) is 0 Å². The Labute approximate surface area is 278 Å². The van der Waals surface area contributed by atoms with Crippen LogP contribution in [0.4, 0.5) is 11.8 Å². The first-order valence-electron chi connectivity index (χ1n) is 17.0. The van der Waals surface area contributed by atoms with Crippen molar-refractivity contribution < 1.29 is 19.0 Å². The van der Waals surface area contributed by atoms with Gasteiger partial charge in [-0.25, -0.2) is 9.78 Å². The number of aryl methyl sites for hydroxylation is 2. The Morgan fingerprint density at radius 2 is 1.62 bits per heavy atom. The second-order valence-corrected chi connectivity index (χ2v) is 12.8. The molecule has 2 aromatic heterocycles. The van der Waals surface area contributed by atoms with Gasteiger partial charge in [0.05, 0.1) is 36.2 Å². The summed E-state index contributed by atoms with van der Waals surface area (Å²) in [6, 6.07) is 9.13. The summed E-state index contributed by atoms with van der Waals surface area (Å²) < 4.78 is 20.7. The monoisotopic (exact) mass is 657 g/mol. The number of carbonyl (C=O) groups excluding carboxylic acids is 1. The third-order valence-corrected chi connectivity index (χ3v) is 9.72. The van der Waals surface area contributed by atoms with E-state index in [4.69, 9.17) is 24.2 Å². The smallest absolute Gasteiger partial charge is 0.331 e. The van der Waals surface area contributed by atoms with Gasteiger partial charge in [-0.3, -0.25) is 18.7 Å². The molecule has 3 aliphatic rings. The van der Waals surface area contributed by atoms with Gasteiger partial charge in [-0.1, -0.05) is 11.6 Å². The Kier molecular flexibility index (Phi) is 8.95. The van der Waals surface area contributed by atoms with Crippen molar-refractivity contribution in [3.63, 3.8) is 0 Å². The number of benzene rings is 2. The molecule has 0 bridgehead atoms. The largest absolute Gasteiger partial charge is 0.490 e. The molecule has 48 heavy (non-hydrogen) atoms. The van der Waals surface area contributed by atoms with Gasteiger partial charge in [0.2, 0.25) is 5.95 Å². The molecule has 0 spiro atoms. The van der Waals surface area contributed by atoms with Crippen LogP contribution in [0.15, 0.2) is 39.9 Å². The van der Waals surface area contributed by atoms with Crippen molar-refractivity contribution >= 4 is 39.5 Å². The quantitative estimate of drug-likeness (QED) is 0.279. The van der Waals surface area contributed by atoms with Crippen molar-refractivity contribution in [3.8, 4) is 11.5 Å². The summed E-state index contributed by atoms with van der Waals surface area (Å²) in [6.07, 6.45) is 3.23. The molecular weight excluding hydrogens is 614 g/mol. The molecule has 0 radical (unpaired) electrons. The number of piperidine rings is 1. The summed E-state index contributed by atoms with van der Waals surface area (Å²) in [6.45, 7) is 9.44. The molecule has 0 unspecified atom stereocenters. The summed E-state index contributed by atoms with van der Waals surface area (Å²) >= 11 is 0. The van der Waals surface area contributed by atoms with Crippen molar-refractivity contribution in [2.24, 2.45) is 7.05 Å².